The number of aromatic nitrogens is 4. The zero-order valence-corrected chi connectivity index (χ0v) is 16.3. The first-order chi connectivity index (χ1) is 14.1. The largest absolute Gasteiger partial charge is 0.308 e. The molecule has 1 amide bonds. The van der Waals surface area contributed by atoms with Crippen molar-refractivity contribution in [1.82, 2.24) is 19.3 Å². The number of carbonyl (C=O) groups excluding carboxylic acids is 1. The van der Waals surface area contributed by atoms with Crippen molar-refractivity contribution in [2.24, 2.45) is 0 Å². The van der Waals surface area contributed by atoms with E-state index in [1.165, 1.54) is 17.1 Å². The third-order valence-corrected chi connectivity index (χ3v) is 4.68. The monoisotopic (exact) mass is 387 g/mol. The van der Waals surface area contributed by atoms with Crippen LogP contribution in [-0.4, -0.2) is 31.3 Å². The van der Waals surface area contributed by atoms with Crippen LogP contribution in [0.1, 0.15) is 13.8 Å². The minimum atomic E-state index is -0.290. The van der Waals surface area contributed by atoms with Gasteiger partial charge in [0.15, 0.2) is 5.65 Å². The minimum absolute atomic E-state index is 0.0434. The predicted octanol–water partition coefficient (Wildman–Crippen LogP) is 3.02. The van der Waals surface area contributed by atoms with E-state index in [2.05, 4.69) is 10.1 Å². The number of hydrogen-bond donors (Lipinski definition) is 0. The van der Waals surface area contributed by atoms with E-state index in [0.717, 1.165) is 11.4 Å². The number of carbonyl (C=O) groups is 1. The lowest BCUT2D eigenvalue weighted by Crippen LogP contribution is -2.41. The van der Waals surface area contributed by atoms with Gasteiger partial charge in [0.05, 0.1) is 11.9 Å². The first-order valence-corrected chi connectivity index (χ1v) is 9.42. The highest BCUT2D eigenvalue weighted by molar-refractivity contribution is 5.93. The van der Waals surface area contributed by atoms with Gasteiger partial charge >= 0.3 is 0 Å². The van der Waals surface area contributed by atoms with Crippen LogP contribution in [0.15, 0.2) is 78.0 Å². The molecule has 0 atom stereocenters. The maximum Gasteiger partial charge on any atom is 0.264 e. The molecule has 0 saturated carbocycles. The molecule has 0 aliphatic carbocycles. The highest BCUT2D eigenvalue weighted by Crippen LogP contribution is 2.17. The van der Waals surface area contributed by atoms with Gasteiger partial charge in [0.1, 0.15) is 18.3 Å². The summed E-state index contributed by atoms with van der Waals surface area (Å²) < 4.78 is 2.95. The van der Waals surface area contributed by atoms with E-state index in [1.54, 1.807) is 9.58 Å². The number of fused-ring (bicyclic) bond motifs is 1. The van der Waals surface area contributed by atoms with Crippen LogP contribution < -0.4 is 10.5 Å². The Labute approximate surface area is 167 Å². The maximum absolute atomic E-state index is 13.0. The van der Waals surface area contributed by atoms with Crippen LogP contribution in [0.4, 0.5) is 5.69 Å². The summed E-state index contributed by atoms with van der Waals surface area (Å²) in [5.41, 5.74) is 1.79. The van der Waals surface area contributed by atoms with Crippen molar-refractivity contribution < 1.29 is 4.79 Å². The van der Waals surface area contributed by atoms with Gasteiger partial charge in [-0.15, -0.1) is 0 Å². The summed E-state index contributed by atoms with van der Waals surface area (Å²) in [5, 5.41) is 4.68. The Kier molecular flexibility index (Phi) is 4.95. The van der Waals surface area contributed by atoms with Crippen LogP contribution in [0.3, 0.4) is 0 Å². The van der Waals surface area contributed by atoms with Gasteiger partial charge in [0, 0.05) is 11.7 Å². The zero-order chi connectivity index (χ0) is 20.4. The molecule has 4 rings (SSSR count). The highest BCUT2D eigenvalue weighted by atomic mass is 16.2. The fourth-order valence-corrected chi connectivity index (χ4v) is 3.36. The molecule has 0 unspecified atom stereocenters. The standard InChI is InChI=1S/C22H21N5O2/c1-16(2)26(17-9-5-3-6-10-17)20(28)14-25-15-23-21-19(22(25)29)13-24-27(21)18-11-7-4-8-12-18/h3-13,15-16H,14H2,1-2H3. The first-order valence-electron chi connectivity index (χ1n) is 9.42. The van der Waals surface area contributed by atoms with Crippen molar-refractivity contribution in [3.63, 3.8) is 0 Å². The molecule has 2 aromatic heterocycles. The highest BCUT2D eigenvalue weighted by Gasteiger charge is 2.20. The van der Waals surface area contributed by atoms with Crippen molar-refractivity contribution in [3.8, 4) is 5.69 Å². The summed E-state index contributed by atoms with van der Waals surface area (Å²) in [5.74, 6) is -0.176. The lowest BCUT2D eigenvalue weighted by Gasteiger charge is -2.27. The molecule has 7 nitrogen and oxygen atoms in total. The molecule has 0 bridgehead atoms. The Balaban J connectivity index is 1.67. The summed E-state index contributed by atoms with van der Waals surface area (Å²) >= 11 is 0. The molecule has 2 aromatic carbocycles. The van der Waals surface area contributed by atoms with Crippen LogP contribution in [0, 0.1) is 0 Å². The van der Waals surface area contributed by atoms with Crippen molar-refractivity contribution >= 4 is 22.6 Å². The van der Waals surface area contributed by atoms with Gasteiger partial charge in [-0.1, -0.05) is 36.4 Å². The van der Waals surface area contributed by atoms with Crippen molar-refractivity contribution in [2.75, 3.05) is 4.90 Å². The summed E-state index contributed by atoms with van der Waals surface area (Å²) in [6.45, 7) is 3.80. The molecule has 0 fully saturated rings. The molecule has 0 N–H and O–H groups in total. The molecule has 0 saturated heterocycles. The summed E-state index contributed by atoms with van der Waals surface area (Å²) in [4.78, 5) is 32.0. The van der Waals surface area contributed by atoms with Crippen molar-refractivity contribution in [2.45, 2.75) is 26.4 Å². The topological polar surface area (TPSA) is 73.0 Å². The van der Waals surface area contributed by atoms with Gasteiger partial charge < -0.3 is 4.90 Å². The Bertz CT molecular complexity index is 1200. The second kappa shape index (κ2) is 7.71. The first kappa shape index (κ1) is 18.6. The van der Waals surface area contributed by atoms with E-state index in [0.29, 0.717) is 11.0 Å². The van der Waals surface area contributed by atoms with E-state index in [1.807, 2.05) is 74.5 Å². The van der Waals surface area contributed by atoms with Crippen LogP contribution in [0.5, 0.6) is 0 Å². The third-order valence-electron chi connectivity index (χ3n) is 4.68. The second-order valence-electron chi connectivity index (χ2n) is 7.00. The van der Waals surface area contributed by atoms with E-state index in [4.69, 9.17) is 0 Å². The van der Waals surface area contributed by atoms with Gasteiger partial charge in [0.2, 0.25) is 5.91 Å². The molecule has 2 heterocycles. The summed E-state index contributed by atoms with van der Waals surface area (Å²) in [6, 6.07) is 18.9. The van der Waals surface area contributed by atoms with Gasteiger partial charge in [-0.3, -0.25) is 14.2 Å². The Morgan fingerprint density at radius 1 is 1.03 bits per heavy atom. The minimum Gasteiger partial charge on any atom is -0.308 e. The number of para-hydroxylation sites is 2. The van der Waals surface area contributed by atoms with E-state index < -0.39 is 0 Å². The quantitative estimate of drug-likeness (QED) is 0.528. The molecule has 29 heavy (non-hydrogen) atoms. The third kappa shape index (κ3) is 3.54. The van der Waals surface area contributed by atoms with Crippen LogP contribution in [0.2, 0.25) is 0 Å². The summed E-state index contributed by atoms with van der Waals surface area (Å²) in [6.07, 6.45) is 2.91. The molecule has 0 aliphatic rings. The second-order valence-corrected chi connectivity index (χ2v) is 7.00. The summed E-state index contributed by atoms with van der Waals surface area (Å²) in [7, 11) is 0. The lowest BCUT2D eigenvalue weighted by atomic mass is 10.2. The Morgan fingerprint density at radius 3 is 2.34 bits per heavy atom. The number of anilines is 1. The molecule has 0 radical (unpaired) electrons. The van der Waals surface area contributed by atoms with Gasteiger partial charge in [-0.05, 0) is 38.1 Å². The fourth-order valence-electron chi connectivity index (χ4n) is 3.36. The average molecular weight is 387 g/mol. The average Bonchev–Trinajstić information content (AvgIpc) is 3.16. The fraction of sp³-hybridized carbons (Fsp3) is 0.182. The molecule has 7 heteroatoms. The molecule has 0 spiro atoms. The molecule has 146 valence electrons. The SMILES string of the molecule is CC(C)N(C(=O)Cn1cnc2c(cnn2-c2ccccc2)c1=O)c1ccccc1. The Hall–Kier alpha value is -3.74. The van der Waals surface area contributed by atoms with Crippen molar-refractivity contribution in [1.29, 1.82) is 0 Å². The molecule has 4 aromatic rings. The normalized spacial score (nSPS) is 11.1. The van der Waals surface area contributed by atoms with Crippen LogP contribution >= 0.6 is 0 Å². The molecular formula is C22H21N5O2. The van der Waals surface area contributed by atoms with E-state index in [9.17, 15) is 9.59 Å². The smallest absolute Gasteiger partial charge is 0.264 e. The Morgan fingerprint density at radius 2 is 1.69 bits per heavy atom. The van der Waals surface area contributed by atoms with E-state index in [-0.39, 0.29) is 24.1 Å². The predicted molar refractivity (Wildman–Crippen MR) is 112 cm³/mol. The maximum atomic E-state index is 13.0. The molecule has 0 aliphatic heterocycles. The number of rotatable bonds is 5. The number of amides is 1. The number of hydrogen-bond acceptors (Lipinski definition) is 4. The lowest BCUT2D eigenvalue weighted by molar-refractivity contribution is -0.119. The van der Waals surface area contributed by atoms with E-state index >= 15 is 0 Å². The number of nitrogens with zero attached hydrogens (tertiary/aromatic N) is 5. The molecular weight excluding hydrogens is 366 g/mol. The van der Waals surface area contributed by atoms with Gasteiger partial charge in [-0.25, -0.2) is 9.67 Å². The van der Waals surface area contributed by atoms with Crippen LogP contribution in [-0.2, 0) is 11.3 Å². The van der Waals surface area contributed by atoms with Crippen molar-refractivity contribution in [3.05, 3.63) is 83.5 Å². The van der Waals surface area contributed by atoms with Crippen LogP contribution in [0.25, 0.3) is 16.7 Å². The van der Waals surface area contributed by atoms with Gasteiger partial charge in [-0.2, -0.15) is 5.10 Å². The van der Waals surface area contributed by atoms with Gasteiger partial charge in [0.25, 0.3) is 5.56 Å². The zero-order valence-electron chi connectivity index (χ0n) is 16.3. The number of benzene rings is 2.